The molecule has 0 aromatic heterocycles. The molecule has 0 aliphatic carbocycles. The molecule has 24 heavy (non-hydrogen) atoms. The topological polar surface area (TPSA) is 59.9 Å². The van der Waals surface area contributed by atoms with Crippen LogP contribution < -0.4 is 14.9 Å². The lowest BCUT2D eigenvalue weighted by molar-refractivity contribution is 0.0949. The maximum atomic E-state index is 12.4. The quantitative estimate of drug-likeness (QED) is 0.598. The van der Waals surface area contributed by atoms with Gasteiger partial charge in [0, 0.05) is 4.47 Å². The molecule has 0 saturated carbocycles. The second kappa shape index (κ2) is 8.49. The third-order valence-corrected chi connectivity index (χ3v) is 3.52. The van der Waals surface area contributed by atoms with Gasteiger partial charge in [-0.25, -0.2) is 5.43 Å². The van der Waals surface area contributed by atoms with E-state index in [1.165, 1.54) is 0 Å². The van der Waals surface area contributed by atoms with Crippen molar-refractivity contribution in [2.45, 2.75) is 20.0 Å². The molecule has 0 spiro atoms. The number of amides is 1. The van der Waals surface area contributed by atoms with Gasteiger partial charge < -0.3 is 9.47 Å². The van der Waals surface area contributed by atoms with Crippen molar-refractivity contribution in [1.29, 1.82) is 0 Å². The molecule has 0 aliphatic heterocycles. The first-order valence-corrected chi connectivity index (χ1v) is 8.22. The Hall–Kier alpha value is -2.34. The highest BCUT2D eigenvalue weighted by atomic mass is 79.9. The number of nitrogens with one attached hydrogen (secondary N) is 1. The van der Waals surface area contributed by atoms with E-state index in [1.807, 2.05) is 44.2 Å². The van der Waals surface area contributed by atoms with E-state index in [0.717, 1.165) is 15.8 Å². The molecule has 0 bridgehead atoms. The van der Waals surface area contributed by atoms with E-state index in [1.54, 1.807) is 25.5 Å². The number of nitrogens with zero attached hydrogens (tertiary/aromatic N) is 1. The second-order valence-corrected chi connectivity index (χ2v) is 6.20. The first-order valence-electron chi connectivity index (χ1n) is 7.43. The van der Waals surface area contributed by atoms with Crippen LogP contribution in [0, 0.1) is 0 Å². The summed E-state index contributed by atoms with van der Waals surface area (Å²) in [6.45, 7) is 3.81. The summed E-state index contributed by atoms with van der Waals surface area (Å²) in [5.41, 5.74) is 3.75. The molecular weight excluding hydrogens is 372 g/mol. The molecule has 2 aromatic carbocycles. The minimum absolute atomic E-state index is 0.0296. The molecule has 2 rings (SSSR count). The standard InChI is InChI=1S/C18H19BrN2O3/c1-12(2)24-17-8-7-14(19)10-16(17)18(22)21-20-11-13-5-4-6-15(9-13)23-3/h4-12H,1-3H3,(H,21,22)/b20-11-. The van der Waals surface area contributed by atoms with E-state index in [2.05, 4.69) is 26.5 Å². The van der Waals surface area contributed by atoms with Gasteiger partial charge in [-0.15, -0.1) is 0 Å². The van der Waals surface area contributed by atoms with Crippen LogP contribution in [0.4, 0.5) is 0 Å². The minimum Gasteiger partial charge on any atom is -0.497 e. The van der Waals surface area contributed by atoms with E-state index in [9.17, 15) is 4.79 Å². The monoisotopic (exact) mass is 390 g/mol. The fourth-order valence-electron chi connectivity index (χ4n) is 1.98. The van der Waals surface area contributed by atoms with Crippen LogP contribution in [0.25, 0.3) is 0 Å². The number of carbonyl (C=O) groups excluding carboxylic acids is 1. The van der Waals surface area contributed by atoms with Crippen LogP contribution in [-0.2, 0) is 0 Å². The van der Waals surface area contributed by atoms with Crippen molar-refractivity contribution in [3.05, 3.63) is 58.1 Å². The van der Waals surface area contributed by atoms with Crippen LogP contribution in [0.3, 0.4) is 0 Å². The van der Waals surface area contributed by atoms with Crippen molar-refractivity contribution < 1.29 is 14.3 Å². The summed E-state index contributed by atoms with van der Waals surface area (Å²) in [6.07, 6.45) is 1.53. The smallest absolute Gasteiger partial charge is 0.275 e. The largest absolute Gasteiger partial charge is 0.497 e. The maximum absolute atomic E-state index is 12.4. The van der Waals surface area contributed by atoms with Crippen molar-refractivity contribution in [2.75, 3.05) is 7.11 Å². The van der Waals surface area contributed by atoms with Crippen LogP contribution >= 0.6 is 15.9 Å². The molecule has 0 saturated heterocycles. The average molecular weight is 391 g/mol. The van der Waals surface area contributed by atoms with Gasteiger partial charge in [0.2, 0.25) is 0 Å². The number of methoxy groups -OCH3 is 1. The Morgan fingerprint density at radius 2 is 2.04 bits per heavy atom. The number of hydrazone groups is 1. The van der Waals surface area contributed by atoms with Gasteiger partial charge in [-0.2, -0.15) is 5.10 Å². The third-order valence-electron chi connectivity index (χ3n) is 3.02. The van der Waals surface area contributed by atoms with Gasteiger partial charge in [-0.3, -0.25) is 4.79 Å². The predicted molar refractivity (Wildman–Crippen MR) is 98.0 cm³/mol. The number of hydrogen-bond donors (Lipinski definition) is 1. The molecular formula is C18H19BrN2O3. The zero-order valence-corrected chi connectivity index (χ0v) is 15.3. The molecule has 0 unspecified atom stereocenters. The van der Waals surface area contributed by atoms with Crippen molar-refractivity contribution in [3.63, 3.8) is 0 Å². The SMILES string of the molecule is COc1cccc(/C=N\NC(=O)c2cc(Br)ccc2OC(C)C)c1. The van der Waals surface area contributed by atoms with E-state index in [4.69, 9.17) is 9.47 Å². The molecule has 2 aromatic rings. The average Bonchev–Trinajstić information content (AvgIpc) is 2.56. The van der Waals surface area contributed by atoms with Crippen LogP contribution in [0.15, 0.2) is 52.0 Å². The van der Waals surface area contributed by atoms with Crippen LogP contribution in [0.2, 0.25) is 0 Å². The Morgan fingerprint density at radius 1 is 1.25 bits per heavy atom. The molecule has 6 heteroatoms. The number of carbonyl (C=O) groups is 1. The first kappa shape index (κ1) is 18.0. The summed E-state index contributed by atoms with van der Waals surface area (Å²) in [5.74, 6) is 0.901. The maximum Gasteiger partial charge on any atom is 0.275 e. The molecule has 0 fully saturated rings. The Labute approximate surface area is 149 Å². The molecule has 0 aliphatic rings. The van der Waals surface area contributed by atoms with Gasteiger partial charge in [0.1, 0.15) is 11.5 Å². The van der Waals surface area contributed by atoms with Gasteiger partial charge >= 0.3 is 0 Å². The molecule has 126 valence electrons. The summed E-state index contributed by atoms with van der Waals surface area (Å²) >= 11 is 3.36. The summed E-state index contributed by atoms with van der Waals surface area (Å²) < 4.78 is 11.6. The predicted octanol–water partition coefficient (Wildman–Crippen LogP) is 4.01. The van der Waals surface area contributed by atoms with E-state index in [0.29, 0.717) is 11.3 Å². The second-order valence-electron chi connectivity index (χ2n) is 5.28. The lowest BCUT2D eigenvalue weighted by Crippen LogP contribution is -2.20. The Morgan fingerprint density at radius 3 is 2.75 bits per heavy atom. The zero-order valence-electron chi connectivity index (χ0n) is 13.7. The zero-order chi connectivity index (χ0) is 17.5. The van der Waals surface area contributed by atoms with Gasteiger partial charge in [-0.1, -0.05) is 28.1 Å². The van der Waals surface area contributed by atoms with Crippen molar-refractivity contribution in [1.82, 2.24) is 5.43 Å². The Balaban J connectivity index is 2.11. The van der Waals surface area contributed by atoms with Gasteiger partial charge in [0.15, 0.2) is 0 Å². The first-order chi connectivity index (χ1) is 11.5. The molecule has 1 N–H and O–H groups in total. The third kappa shape index (κ3) is 5.09. The van der Waals surface area contributed by atoms with E-state index in [-0.39, 0.29) is 12.0 Å². The summed E-state index contributed by atoms with van der Waals surface area (Å²) in [7, 11) is 1.60. The van der Waals surface area contributed by atoms with E-state index >= 15 is 0 Å². The fourth-order valence-corrected chi connectivity index (χ4v) is 2.34. The summed E-state index contributed by atoms with van der Waals surface area (Å²) in [5, 5.41) is 3.99. The molecule has 1 amide bonds. The number of benzene rings is 2. The van der Waals surface area contributed by atoms with Crippen molar-refractivity contribution in [3.8, 4) is 11.5 Å². The lowest BCUT2D eigenvalue weighted by Gasteiger charge is -2.13. The molecule has 0 radical (unpaired) electrons. The highest BCUT2D eigenvalue weighted by Crippen LogP contribution is 2.24. The number of halogens is 1. The van der Waals surface area contributed by atoms with Gasteiger partial charge in [0.05, 0.1) is 25.0 Å². The highest BCUT2D eigenvalue weighted by Gasteiger charge is 2.13. The fraction of sp³-hybridized carbons (Fsp3) is 0.222. The molecule has 0 atom stereocenters. The van der Waals surface area contributed by atoms with Crippen molar-refractivity contribution >= 4 is 28.1 Å². The normalized spacial score (nSPS) is 10.9. The van der Waals surface area contributed by atoms with Crippen LogP contribution in [0.1, 0.15) is 29.8 Å². The molecule has 0 heterocycles. The van der Waals surface area contributed by atoms with Crippen molar-refractivity contribution in [2.24, 2.45) is 5.10 Å². The van der Waals surface area contributed by atoms with E-state index < -0.39 is 0 Å². The van der Waals surface area contributed by atoms with Crippen LogP contribution in [-0.4, -0.2) is 25.3 Å². The number of hydrogen-bond acceptors (Lipinski definition) is 4. The number of rotatable bonds is 6. The summed E-state index contributed by atoms with van der Waals surface area (Å²) in [6, 6.07) is 12.7. The Bertz CT molecular complexity index is 745. The minimum atomic E-state index is -0.342. The lowest BCUT2D eigenvalue weighted by atomic mass is 10.2. The highest BCUT2D eigenvalue weighted by molar-refractivity contribution is 9.10. The van der Waals surface area contributed by atoms with Gasteiger partial charge in [-0.05, 0) is 49.7 Å². The van der Waals surface area contributed by atoms with Crippen LogP contribution in [0.5, 0.6) is 11.5 Å². The van der Waals surface area contributed by atoms with Gasteiger partial charge in [0.25, 0.3) is 5.91 Å². The molecule has 5 nitrogen and oxygen atoms in total. The number of ether oxygens (including phenoxy) is 2. The summed E-state index contributed by atoms with van der Waals surface area (Å²) in [4.78, 5) is 12.4. The Kier molecular flexibility index (Phi) is 6.37.